The molecule has 2 heterocycles. The number of nitrogens with zero attached hydrogens (tertiary/aromatic N) is 2. The molecule has 1 amide bonds. The minimum Gasteiger partial charge on any atom is -0.378 e. The number of hydrogen-bond acceptors (Lipinski definition) is 4. The Morgan fingerprint density at radius 3 is 2.90 bits per heavy atom. The molecule has 5 heteroatoms. The third kappa shape index (κ3) is 4.20. The van der Waals surface area contributed by atoms with Crippen LogP contribution in [0.15, 0.2) is 18.3 Å². The molecule has 1 N–H and O–H groups in total. The maximum atomic E-state index is 11.7. The average molecular weight is 277 g/mol. The summed E-state index contributed by atoms with van der Waals surface area (Å²) >= 11 is 0. The third-order valence-corrected chi connectivity index (χ3v) is 3.46. The first-order valence-corrected chi connectivity index (χ1v) is 7.20. The maximum absolute atomic E-state index is 11.7. The van der Waals surface area contributed by atoms with Crippen LogP contribution in [0.25, 0.3) is 0 Å². The summed E-state index contributed by atoms with van der Waals surface area (Å²) in [7, 11) is 3.47. The molecule has 0 spiro atoms. The smallest absolute Gasteiger partial charge is 0.254 e. The molecule has 1 aliphatic rings. The van der Waals surface area contributed by atoms with Crippen molar-refractivity contribution >= 4 is 11.7 Å². The fraction of sp³-hybridized carbons (Fsp3) is 0.600. The van der Waals surface area contributed by atoms with Crippen molar-refractivity contribution in [3.8, 4) is 0 Å². The Labute approximate surface area is 120 Å². The normalized spacial score (nSPS) is 18.6. The van der Waals surface area contributed by atoms with Gasteiger partial charge in [0, 0.05) is 33.4 Å². The van der Waals surface area contributed by atoms with Crippen LogP contribution in [0.1, 0.15) is 36.0 Å². The molecule has 0 aromatic carbocycles. The summed E-state index contributed by atoms with van der Waals surface area (Å²) in [6.07, 6.45) is 6.61. The number of amides is 1. The Morgan fingerprint density at radius 1 is 1.45 bits per heavy atom. The zero-order chi connectivity index (χ0) is 14.4. The molecule has 1 unspecified atom stereocenters. The van der Waals surface area contributed by atoms with Crippen LogP contribution in [-0.4, -0.2) is 49.1 Å². The van der Waals surface area contributed by atoms with Crippen LogP contribution < -0.4 is 5.32 Å². The van der Waals surface area contributed by atoms with Gasteiger partial charge in [-0.1, -0.05) is 0 Å². The van der Waals surface area contributed by atoms with Crippen LogP contribution >= 0.6 is 0 Å². The van der Waals surface area contributed by atoms with Gasteiger partial charge in [-0.2, -0.15) is 0 Å². The topological polar surface area (TPSA) is 54.5 Å². The van der Waals surface area contributed by atoms with E-state index in [0.29, 0.717) is 11.7 Å². The highest BCUT2D eigenvalue weighted by Gasteiger charge is 2.13. The number of carbonyl (C=O) groups is 1. The Balaban J connectivity index is 1.77. The van der Waals surface area contributed by atoms with Crippen molar-refractivity contribution in [3.05, 3.63) is 23.9 Å². The van der Waals surface area contributed by atoms with E-state index in [0.717, 1.165) is 31.8 Å². The van der Waals surface area contributed by atoms with Crippen LogP contribution in [0, 0.1) is 0 Å². The molecule has 20 heavy (non-hydrogen) atoms. The van der Waals surface area contributed by atoms with Gasteiger partial charge in [0.25, 0.3) is 5.91 Å². The summed E-state index contributed by atoms with van der Waals surface area (Å²) in [5.74, 6) is 0.774. The fourth-order valence-corrected chi connectivity index (χ4v) is 2.28. The van der Waals surface area contributed by atoms with E-state index in [4.69, 9.17) is 4.74 Å². The van der Waals surface area contributed by atoms with Gasteiger partial charge in [0.05, 0.1) is 11.7 Å². The fourth-order valence-electron chi connectivity index (χ4n) is 2.28. The standard InChI is InChI=1S/C15H23N3O2/c1-18(2)15(19)12-6-7-14(17-11-12)16-9-8-13-5-3-4-10-20-13/h6-7,11,13H,3-5,8-10H2,1-2H3,(H,16,17). The van der Waals surface area contributed by atoms with Crippen molar-refractivity contribution in [3.63, 3.8) is 0 Å². The number of anilines is 1. The SMILES string of the molecule is CN(C)C(=O)c1ccc(NCCC2CCCCO2)nc1. The Bertz CT molecular complexity index is 425. The van der Waals surface area contributed by atoms with Crippen molar-refractivity contribution in [2.75, 3.05) is 32.6 Å². The Hall–Kier alpha value is -1.62. The van der Waals surface area contributed by atoms with Crippen molar-refractivity contribution in [2.45, 2.75) is 31.8 Å². The van der Waals surface area contributed by atoms with Gasteiger partial charge in [-0.25, -0.2) is 4.98 Å². The summed E-state index contributed by atoms with van der Waals surface area (Å²) in [5, 5.41) is 3.27. The molecule has 0 aliphatic carbocycles. The van der Waals surface area contributed by atoms with Gasteiger partial charge in [-0.15, -0.1) is 0 Å². The van der Waals surface area contributed by atoms with Gasteiger partial charge in [-0.05, 0) is 37.8 Å². The van der Waals surface area contributed by atoms with Crippen LogP contribution in [-0.2, 0) is 4.74 Å². The van der Waals surface area contributed by atoms with Gasteiger partial charge >= 0.3 is 0 Å². The van der Waals surface area contributed by atoms with Crippen LogP contribution in [0.4, 0.5) is 5.82 Å². The zero-order valence-electron chi connectivity index (χ0n) is 12.3. The van der Waals surface area contributed by atoms with Crippen molar-refractivity contribution in [1.82, 2.24) is 9.88 Å². The minimum atomic E-state index is -0.0281. The van der Waals surface area contributed by atoms with Crippen molar-refractivity contribution in [2.24, 2.45) is 0 Å². The number of pyridine rings is 1. The molecule has 0 radical (unpaired) electrons. The van der Waals surface area contributed by atoms with E-state index in [1.165, 1.54) is 12.8 Å². The summed E-state index contributed by atoms with van der Waals surface area (Å²) < 4.78 is 5.68. The van der Waals surface area contributed by atoms with E-state index in [9.17, 15) is 4.79 Å². The van der Waals surface area contributed by atoms with Gasteiger partial charge < -0.3 is 15.0 Å². The van der Waals surface area contributed by atoms with Crippen LogP contribution in [0.2, 0.25) is 0 Å². The van der Waals surface area contributed by atoms with E-state index in [1.807, 2.05) is 6.07 Å². The molecule has 5 nitrogen and oxygen atoms in total. The van der Waals surface area contributed by atoms with Crippen LogP contribution in [0.5, 0.6) is 0 Å². The molecular weight excluding hydrogens is 254 g/mol. The molecule has 0 bridgehead atoms. The largest absolute Gasteiger partial charge is 0.378 e. The average Bonchev–Trinajstić information content (AvgIpc) is 2.48. The first-order chi connectivity index (χ1) is 9.66. The van der Waals surface area contributed by atoms with E-state index < -0.39 is 0 Å². The second-order valence-electron chi connectivity index (χ2n) is 5.34. The zero-order valence-corrected chi connectivity index (χ0v) is 12.3. The van der Waals surface area contributed by atoms with Crippen molar-refractivity contribution < 1.29 is 9.53 Å². The third-order valence-electron chi connectivity index (χ3n) is 3.46. The van der Waals surface area contributed by atoms with Gasteiger partial charge in [-0.3, -0.25) is 4.79 Å². The molecule has 110 valence electrons. The number of hydrogen-bond donors (Lipinski definition) is 1. The number of ether oxygens (including phenoxy) is 1. The Morgan fingerprint density at radius 2 is 2.30 bits per heavy atom. The predicted octanol–water partition coefficient (Wildman–Crippen LogP) is 2.15. The van der Waals surface area contributed by atoms with Crippen molar-refractivity contribution in [1.29, 1.82) is 0 Å². The highest BCUT2D eigenvalue weighted by Crippen LogP contribution is 2.15. The highest BCUT2D eigenvalue weighted by atomic mass is 16.5. The van der Waals surface area contributed by atoms with E-state index >= 15 is 0 Å². The van der Waals surface area contributed by atoms with E-state index in [2.05, 4.69) is 10.3 Å². The maximum Gasteiger partial charge on any atom is 0.254 e. The molecule has 0 saturated carbocycles. The lowest BCUT2D eigenvalue weighted by Crippen LogP contribution is -2.22. The Kier molecular flexibility index (Phi) is 5.35. The van der Waals surface area contributed by atoms with E-state index in [1.54, 1.807) is 31.3 Å². The monoisotopic (exact) mass is 277 g/mol. The second-order valence-corrected chi connectivity index (χ2v) is 5.34. The number of carbonyl (C=O) groups excluding carboxylic acids is 1. The summed E-state index contributed by atoms with van der Waals surface area (Å²) in [6, 6.07) is 3.65. The molecule has 1 fully saturated rings. The molecule has 2 rings (SSSR count). The van der Waals surface area contributed by atoms with E-state index in [-0.39, 0.29) is 5.91 Å². The molecule has 1 aromatic rings. The second kappa shape index (κ2) is 7.24. The minimum absolute atomic E-state index is 0.0281. The summed E-state index contributed by atoms with van der Waals surface area (Å²) in [4.78, 5) is 17.5. The lowest BCUT2D eigenvalue weighted by molar-refractivity contribution is 0.0134. The molecule has 1 saturated heterocycles. The lowest BCUT2D eigenvalue weighted by atomic mass is 10.1. The molecule has 1 aliphatic heterocycles. The van der Waals surface area contributed by atoms with Gasteiger partial charge in [0.1, 0.15) is 5.82 Å². The quantitative estimate of drug-likeness (QED) is 0.896. The number of aromatic nitrogens is 1. The first kappa shape index (κ1) is 14.8. The molecular formula is C15H23N3O2. The predicted molar refractivity (Wildman–Crippen MR) is 79.0 cm³/mol. The van der Waals surface area contributed by atoms with Gasteiger partial charge in [0.15, 0.2) is 0 Å². The van der Waals surface area contributed by atoms with Gasteiger partial charge in [0.2, 0.25) is 0 Å². The highest BCUT2D eigenvalue weighted by molar-refractivity contribution is 5.93. The number of rotatable bonds is 5. The first-order valence-electron chi connectivity index (χ1n) is 7.20. The molecule has 1 aromatic heterocycles. The summed E-state index contributed by atoms with van der Waals surface area (Å²) in [5.41, 5.74) is 0.608. The lowest BCUT2D eigenvalue weighted by Gasteiger charge is -2.22. The number of nitrogens with one attached hydrogen (secondary N) is 1. The van der Waals surface area contributed by atoms with Crippen LogP contribution in [0.3, 0.4) is 0 Å². The summed E-state index contributed by atoms with van der Waals surface area (Å²) in [6.45, 7) is 1.74. The molecule has 1 atom stereocenters.